The van der Waals surface area contributed by atoms with Gasteiger partial charge in [-0.25, -0.2) is 8.78 Å². The summed E-state index contributed by atoms with van der Waals surface area (Å²) in [6, 6.07) is 7.53. The van der Waals surface area contributed by atoms with Crippen LogP contribution in [0.2, 0.25) is 0 Å². The van der Waals surface area contributed by atoms with E-state index in [-0.39, 0.29) is 11.5 Å². The molecule has 3 aliphatic rings. The van der Waals surface area contributed by atoms with E-state index < -0.39 is 17.2 Å². The molecule has 0 radical (unpaired) electrons. The summed E-state index contributed by atoms with van der Waals surface area (Å²) in [5, 5.41) is 0. The summed E-state index contributed by atoms with van der Waals surface area (Å²) in [5.41, 5.74) is 9.73. The van der Waals surface area contributed by atoms with Crippen molar-refractivity contribution in [1.29, 1.82) is 0 Å². The molecule has 1 saturated heterocycles. The number of nitrogens with zero attached hydrogens (tertiary/aromatic N) is 3. The second kappa shape index (κ2) is 8.52. The van der Waals surface area contributed by atoms with Crippen molar-refractivity contribution >= 4 is 5.91 Å². The number of likely N-dealkylation sites (tertiary alicyclic amines) is 1. The third-order valence-electron chi connectivity index (χ3n) is 7.63. The maximum absolute atomic E-state index is 13.7. The van der Waals surface area contributed by atoms with Gasteiger partial charge in [-0.05, 0) is 60.2 Å². The van der Waals surface area contributed by atoms with E-state index in [2.05, 4.69) is 9.88 Å². The Labute approximate surface area is 198 Å². The lowest BCUT2D eigenvalue weighted by molar-refractivity contribution is -0.129. The van der Waals surface area contributed by atoms with E-state index in [1.807, 2.05) is 19.2 Å². The summed E-state index contributed by atoms with van der Waals surface area (Å²) < 4.78 is 33.3. The summed E-state index contributed by atoms with van der Waals surface area (Å²) >= 11 is 0. The first kappa shape index (κ1) is 23.1. The van der Waals surface area contributed by atoms with E-state index in [1.54, 1.807) is 18.0 Å². The van der Waals surface area contributed by atoms with E-state index in [4.69, 9.17) is 10.5 Å². The number of fused-ring (bicyclic) bond motifs is 1. The van der Waals surface area contributed by atoms with Gasteiger partial charge < -0.3 is 15.4 Å². The van der Waals surface area contributed by atoms with Crippen molar-refractivity contribution in [2.75, 3.05) is 33.3 Å². The molecule has 180 valence electrons. The average Bonchev–Trinajstić information content (AvgIpc) is 3.14. The third kappa shape index (κ3) is 4.04. The first-order valence-corrected chi connectivity index (χ1v) is 11.7. The summed E-state index contributed by atoms with van der Waals surface area (Å²) in [6.07, 6.45) is 4.04. The zero-order valence-corrected chi connectivity index (χ0v) is 19.6. The number of amides is 1. The highest BCUT2D eigenvalue weighted by Gasteiger charge is 2.46. The lowest BCUT2D eigenvalue weighted by Gasteiger charge is -2.41. The molecule has 0 bridgehead atoms. The van der Waals surface area contributed by atoms with Gasteiger partial charge in [0, 0.05) is 39.4 Å². The highest BCUT2D eigenvalue weighted by atomic mass is 19.2. The van der Waals surface area contributed by atoms with Crippen LogP contribution in [0, 0.1) is 11.6 Å². The Morgan fingerprint density at radius 1 is 1.18 bits per heavy atom. The molecule has 1 amide bonds. The van der Waals surface area contributed by atoms with Gasteiger partial charge in [0.25, 0.3) is 0 Å². The number of pyridine rings is 1. The van der Waals surface area contributed by atoms with Crippen LogP contribution in [0.4, 0.5) is 8.78 Å². The molecule has 1 aromatic carbocycles. The number of likely N-dealkylation sites (N-methyl/N-ethyl adjacent to an activating group) is 1. The second-order valence-corrected chi connectivity index (χ2v) is 9.95. The fourth-order valence-corrected chi connectivity index (χ4v) is 5.38. The number of nitrogens with two attached hydrogens (primary N) is 1. The van der Waals surface area contributed by atoms with Crippen molar-refractivity contribution in [3.05, 3.63) is 76.1 Å². The smallest absolute Gasteiger partial charge is 0.226 e. The fraction of sp³-hybridized carbons (Fsp3) is 0.462. The number of hydrogen-bond donors (Lipinski definition) is 1. The van der Waals surface area contributed by atoms with E-state index in [9.17, 15) is 13.6 Å². The van der Waals surface area contributed by atoms with Gasteiger partial charge in [0.05, 0.1) is 29.9 Å². The molecule has 4 heterocycles. The molecule has 0 aliphatic carbocycles. The number of halogens is 2. The average molecular weight is 469 g/mol. The van der Waals surface area contributed by atoms with Crippen LogP contribution >= 0.6 is 0 Å². The van der Waals surface area contributed by atoms with Crippen molar-refractivity contribution in [3.8, 4) is 0 Å². The minimum absolute atomic E-state index is 0.174. The number of aromatic nitrogens is 1. The first-order valence-electron chi connectivity index (χ1n) is 11.7. The van der Waals surface area contributed by atoms with E-state index in [0.29, 0.717) is 30.8 Å². The van der Waals surface area contributed by atoms with Gasteiger partial charge >= 0.3 is 0 Å². The van der Waals surface area contributed by atoms with Crippen LogP contribution in [0.1, 0.15) is 43.0 Å². The van der Waals surface area contributed by atoms with Gasteiger partial charge in [-0.15, -0.1) is 0 Å². The topological polar surface area (TPSA) is 71.7 Å². The Kier molecular flexibility index (Phi) is 5.78. The standard InChI is InChI=1S/C26H30F2N4O2/c1-25(29,19-4-5-21(27)22(28)11-19)23-6-3-17(13-30-23)14-32-9-7-26(8-10-32)20-12-24(33)31(2)15-18(20)16-34-26/h3-6,11,13H,7-10,12,14-16,29H2,1-2H3. The van der Waals surface area contributed by atoms with Crippen molar-refractivity contribution in [2.24, 2.45) is 5.73 Å². The van der Waals surface area contributed by atoms with E-state index >= 15 is 0 Å². The minimum Gasteiger partial charge on any atom is -0.366 e. The highest BCUT2D eigenvalue weighted by Crippen LogP contribution is 2.44. The van der Waals surface area contributed by atoms with Crippen LogP contribution in [0.15, 0.2) is 47.7 Å². The number of rotatable bonds is 4. The van der Waals surface area contributed by atoms with E-state index in [0.717, 1.165) is 50.2 Å². The molecule has 34 heavy (non-hydrogen) atoms. The number of benzene rings is 1. The summed E-state index contributed by atoms with van der Waals surface area (Å²) in [6.45, 7) is 5.57. The Morgan fingerprint density at radius 3 is 2.62 bits per heavy atom. The van der Waals surface area contributed by atoms with E-state index in [1.165, 1.54) is 17.2 Å². The predicted molar refractivity (Wildman–Crippen MR) is 124 cm³/mol. The lowest BCUT2D eigenvalue weighted by Crippen LogP contribution is -2.46. The van der Waals surface area contributed by atoms with Gasteiger partial charge in [-0.3, -0.25) is 14.7 Å². The highest BCUT2D eigenvalue weighted by molar-refractivity contribution is 5.81. The van der Waals surface area contributed by atoms with Crippen molar-refractivity contribution in [1.82, 2.24) is 14.8 Å². The Hall–Kier alpha value is -2.68. The molecule has 5 rings (SSSR count). The summed E-state index contributed by atoms with van der Waals surface area (Å²) in [4.78, 5) is 21.0. The second-order valence-electron chi connectivity index (χ2n) is 9.95. The van der Waals surface area contributed by atoms with Crippen LogP contribution in [-0.2, 0) is 21.6 Å². The molecule has 0 saturated carbocycles. The monoisotopic (exact) mass is 468 g/mol. The van der Waals surface area contributed by atoms with Crippen molar-refractivity contribution in [2.45, 2.75) is 43.9 Å². The van der Waals surface area contributed by atoms with Crippen LogP contribution in [0.5, 0.6) is 0 Å². The molecular formula is C26H30F2N4O2. The zero-order chi connectivity index (χ0) is 24.1. The normalized spacial score (nSPS) is 22.3. The summed E-state index contributed by atoms with van der Waals surface area (Å²) in [7, 11) is 1.85. The van der Waals surface area contributed by atoms with Gasteiger partial charge in [0.15, 0.2) is 11.6 Å². The molecular weight excluding hydrogens is 438 g/mol. The van der Waals surface area contributed by atoms with Gasteiger partial charge in [-0.1, -0.05) is 12.1 Å². The molecule has 3 aliphatic heterocycles. The number of hydrogen-bond acceptors (Lipinski definition) is 5. The van der Waals surface area contributed by atoms with Crippen LogP contribution in [0.3, 0.4) is 0 Å². The fourth-order valence-electron chi connectivity index (χ4n) is 5.38. The Bertz CT molecular complexity index is 1140. The molecule has 2 N–H and O–H groups in total. The molecule has 6 nitrogen and oxygen atoms in total. The SMILES string of the molecule is CN1CC2=C(CC1=O)C1(CCN(Cc3ccc(C(C)(N)c4ccc(F)c(F)c4)nc3)CC1)OC2. The number of piperidine rings is 1. The zero-order valence-electron chi connectivity index (χ0n) is 19.6. The van der Waals surface area contributed by atoms with Crippen molar-refractivity contribution in [3.63, 3.8) is 0 Å². The number of carbonyl (C=O) groups is 1. The Morgan fingerprint density at radius 2 is 1.94 bits per heavy atom. The maximum atomic E-state index is 13.7. The third-order valence-corrected chi connectivity index (χ3v) is 7.63. The molecule has 1 unspecified atom stereocenters. The molecule has 2 aromatic rings. The number of carbonyl (C=O) groups excluding carboxylic acids is 1. The molecule has 1 atom stereocenters. The summed E-state index contributed by atoms with van der Waals surface area (Å²) in [5.74, 6) is -1.65. The Balaban J connectivity index is 1.23. The van der Waals surface area contributed by atoms with Crippen LogP contribution < -0.4 is 5.73 Å². The lowest BCUT2D eigenvalue weighted by atomic mass is 9.80. The molecule has 1 fully saturated rings. The van der Waals surface area contributed by atoms with Crippen LogP contribution in [-0.4, -0.2) is 59.6 Å². The maximum Gasteiger partial charge on any atom is 0.226 e. The minimum atomic E-state index is -1.04. The quantitative estimate of drug-likeness (QED) is 0.699. The van der Waals surface area contributed by atoms with Gasteiger partial charge in [-0.2, -0.15) is 0 Å². The molecule has 1 spiro atoms. The predicted octanol–water partition coefficient (Wildman–Crippen LogP) is 3.11. The largest absolute Gasteiger partial charge is 0.366 e. The van der Waals surface area contributed by atoms with Crippen LogP contribution in [0.25, 0.3) is 0 Å². The number of ether oxygens (including phenoxy) is 1. The van der Waals surface area contributed by atoms with Gasteiger partial charge in [0.1, 0.15) is 0 Å². The van der Waals surface area contributed by atoms with Gasteiger partial charge in [0.2, 0.25) is 5.91 Å². The van der Waals surface area contributed by atoms with Crippen molar-refractivity contribution < 1.29 is 18.3 Å². The first-order chi connectivity index (χ1) is 16.2. The molecule has 8 heteroatoms. The molecule has 1 aromatic heterocycles.